The molecule has 3 aliphatic carbocycles. The summed E-state index contributed by atoms with van der Waals surface area (Å²) in [5, 5.41) is 40.3. The summed E-state index contributed by atoms with van der Waals surface area (Å²) < 4.78 is 80.2. The van der Waals surface area contributed by atoms with E-state index in [1.54, 1.807) is 13.8 Å². The van der Waals surface area contributed by atoms with Crippen LogP contribution < -0.4 is 0 Å². The zero-order chi connectivity index (χ0) is 32.6. The molecule has 0 saturated heterocycles. The van der Waals surface area contributed by atoms with Crippen LogP contribution in [0, 0.1) is 22.7 Å². The first-order valence-corrected chi connectivity index (χ1v) is 15.2. The average molecular weight is 623 g/mol. The van der Waals surface area contributed by atoms with Crippen molar-refractivity contribution in [3.8, 4) is 0 Å². The fraction of sp³-hybridized carbons (Fsp3) is 0.758. The Labute approximate surface area is 251 Å². The third-order valence-corrected chi connectivity index (χ3v) is 10.4. The van der Waals surface area contributed by atoms with Crippen LogP contribution >= 0.6 is 0 Å². The highest BCUT2D eigenvalue weighted by atomic mass is 19.4. The van der Waals surface area contributed by atoms with E-state index < -0.39 is 41.2 Å². The van der Waals surface area contributed by atoms with Crippen LogP contribution in [0.4, 0.5) is 26.3 Å². The molecule has 3 fully saturated rings. The summed E-state index contributed by atoms with van der Waals surface area (Å²) in [6.07, 6.45) is -2.44. The van der Waals surface area contributed by atoms with Crippen LogP contribution in [0.15, 0.2) is 47.6 Å². The Bertz CT molecular complexity index is 1080. The minimum Gasteiger partial charge on any atom is -0.393 e. The van der Waals surface area contributed by atoms with E-state index in [4.69, 9.17) is 0 Å². The molecule has 0 bridgehead atoms. The van der Waals surface area contributed by atoms with Crippen molar-refractivity contribution in [1.82, 2.24) is 0 Å². The normalized spacial score (nSPS) is 32.9. The SMILES string of the molecule is C=C1/C(=C\C=C2/CCC[C@]3(C)[C@@H]([C@@](C)(C/C=C\C(O)(C(F)(F)F)C(F)(F)F)CCCC(C)(C)O)CC[C@@H]23)C[C@@H](O)CC1O. The van der Waals surface area contributed by atoms with Crippen molar-refractivity contribution in [2.24, 2.45) is 22.7 Å². The number of alkyl halides is 6. The molecular formula is C33H48F6O4. The number of aliphatic hydroxyl groups is 4. The summed E-state index contributed by atoms with van der Waals surface area (Å²) in [6, 6.07) is 0. The molecule has 6 atom stereocenters. The fourth-order valence-corrected chi connectivity index (χ4v) is 8.04. The minimum atomic E-state index is -5.92. The van der Waals surface area contributed by atoms with Gasteiger partial charge in [-0.05, 0) is 112 Å². The van der Waals surface area contributed by atoms with Crippen LogP contribution in [0.1, 0.15) is 98.3 Å². The van der Waals surface area contributed by atoms with Crippen LogP contribution in [0.3, 0.4) is 0 Å². The van der Waals surface area contributed by atoms with Crippen molar-refractivity contribution in [3.05, 3.63) is 47.6 Å². The smallest absolute Gasteiger partial charge is 0.393 e. The van der Waals surface area contributed by atoms with Crippen molar-refractivity contribution in [2.45, 2.75) is 134 Å². The van der Waals surface area contributed by atoms with Crippen molar-refractivity contribution in [3.63, 3.8) is 0 Å². The van der Waals surface area contributed by atoms with Crippen LogP contribution in [-0.4, -0.2) is 56.2 Å². The van der Waals surface area contributed by atoms with E-state index >= 15 is 0 Å². The second kappa shape index (κ2) is 12.6. The number of halogens is 6. The van der Waals surface area contributed by atoms with Gasteiger partial charge in [-0.15, -0.1) is 0 Å². The number of rotatable bonds is 9. The molecule has 43 heavy (non-hydrogen) atoms. The second-order valence-corrected chi connectivity index (χ2v) is 14.3. The van der Waals surface area contributed by atoms with Gasteiger partial charge in [-0.25, -0.2) is 0 Å². The molecule has 1 unspecified atom stereocenters. The van der Waals surface area contributed by atoms with Crippen molar-refractivity contribution < 1.29 is 46.8 Å². The maximum absolute atomic E-state index is 13.4. The first kappa shape index (κ1) is 35.9. The van der Waals surface area contributed by atoms with Gasteiger partial charge in [0.2, 0.25) is 0 Å². The molecule has 0 heterocycles. The van der Waals surface area contributed by atoms with E-state index in [0.29, 0.717) is 31.3 Å². The van der Waals surface area contributed by atoms with E-state index in [1.165, 1.54) is 5.57 Å². The molecule has 0 aromatic carbocycles. The Morgan fingerprint density at radius 2 is 1.58 bits per heavy atom. The number of hydrogen-bond acceptors (Lipinski definition) is 4. The molecule has 3 rings (SSSR count). The molecule has 0 aliphatic heterocycles. The van der Waals surface area contributed by atoms with Gasteiger partial charge in [-0.3, -0.25) is 0 Å². The van der Waals surface area contributed by atoms with Gasteiger partial charge in [0.05, 0.1) is 17.8 Å². The summed E-state index contributed by atoms with van der Waals surface area (Å²) in [5.74, 6) is 0.139. The molecule has 3 aliphatic rings. The van der Waals surface area contributed by atoms with E-state index in [-0.39, 0.29) is 36.2 Å². The Balaban J connectivity index is 1.93. The van der Waals surface area contributed by atoms with E-state index in [9.17, 15) is 46.8 Å². The fourth-order valence-electron chi connectivity index (χ4n) is 8.04. The van der Waals surface area contributed by atoms with Crippen molar-refractivity contribution in [1.29, 1.82) is 0 Å². The number of allylic oxidation sites excluding steroid dienone is 4. The van der Waals surface area contributed by atoms with E-state index in [2.05, 4.69) is 13.5 Å². The van der Waals surface area contributed by atoms with Gasteiger partial charge in [-0.2, -0.15) is 26.3 Å². The molecule has 0 amide bonds. The van der Waals surface area contributed by atoms with E-state index in [1.807, 2.05) is 19.1 Å². The van der Waals surface area contributed by atoms with Gasteiger partial charge in [0, 0.05) is 6.42 Å². The molecule has 0 spiro atoms. The summed E-state index contributed by atoms with van der Waals surface area (Å²) in [4.78, 5) is 0. The van der Waals surface area contributed by atoms with Crippen molar-refractivity contribution >= 4 is 0 Å². The Hall–Kier alpha value is -1.62. The van der Waals surface area contributed by atoms with Crippen LogP contribution in [0.5, 0.6) is 0 Å². The quantitative estimate of drug-likeness (QED) is 0.156. The van der Waals surface area contributed by atoms with Gasteiger partial charge < -0.3 is 20.4 Å². The molecular weight excluding hydrogens is 574 g/mol. The standard InChI is InChI=1S/C33H48F6O4/c1-21-23(19-24(40)20-26(21)41)11-10-22-9-6-17-30(5)25(22)12-13-27(30)29(4,15-7-14-28(2,3)42)16-8-18-31(43,32(34,35)36)33(37,38)39/h8,10-11,18,24-27,40-43H,1,6-7,9,12-17,19-20H2,2-5H3/b18-8-,22-10+,23-11-/t24-,25+,26?,27-,29-,30+/m1/s1. The number of fused-ring (bicyclic) bond motifs is 1. The predicted molar refractivity (Wildman–Crippen MR) is 154 cm³/mol. The minimum absolute atomic E-state index is 0.0223. The van der Waals surface area contributed by atoms with Gasteiger partial charge >= 0.3 is 12.4 Å². The highest BCUT2D eigenvalue weighted by Crippen LogP contribution is 2.64. The first-order chi connectivity index (χ1) is 19.5. The molecule has 0 aromatic rings. The third kappa shape index (κ3) is 7.79. The Kier molecular flexibility index (Phi) is 10.5. The number of hydrogen-bond donors (Lipinski definition) is 4. The summed E-state index contributed by atoms with van der Waals surface area (Å²) in [5.41, 5.74) is -4.25. The molecule has 0 radical (unpaired) electrons. The lowest BCUT2D eigenvalue weighted by molar-refractivity contribution is -0.347. The first-order valence-electron chi connectivity index (χ1n) is 15.2. The van der Waals surface area contributed by atoms with E-state index in [0.717, 1.165) is 43.8 Å². The van der Waals surface area contributed by atoms with Gasteiger partial charge in [-0.1, -0.05) is 50.6 Å². The zero-order valence-corrected chi connectivity index (χ0v) is 25.7. The second-order valence-electron chi connectivity index (χ2n) is 14.3. The maximum atomic E-state index is 13.4. The summed E-state index contributed by atoms with van der Waals surface area (Å²) >= 11 is 0. The number of aliphatic hydroxyl groups excluding tert-OH is 2. The zero-order valence-electron chi connectivity index (χ0n) is 25.7. The van der Waals surface area contributed by atoms with Gasteiger partial charge in [0.25, 0.3) is 5.60 Å². The van der Waals surface area contributed by atoms with Crippen molar-refractivity contribution in [2.75, 3.05) is 0 Å². The lowest BCUT2D eigenvalue weighted by Gasteiger charge is -2.49. The molecule has 4 nitrogen and oxygen atoms in total. The third-order valence-electron chi connectivity index (χ3n) is 10.4. The maximum Gasteiger partial charge on any atom is 0.429 e. The lowest BCUT2D eigenvalue weighted by atomic mass is 9.55. The Morgan fingerprint density at radius 3 is 2.16 bits per heavy atom. The molecule has 246 valence electrons. The molecule has 3 saturated carbocycles. The predicted octanol–water partition coefficient (Wildman–Crippen LogP) is 7.88. The van der Waals surface area contributed by atoms with Crippen LogP contribution in [0.2, 0.25) is 0 Å². The highest BCUT2D eigenvalue weighted by Gasteiger charge is 2.69. The lowest BCUT2D eigenvalue weighted by Crippen LogP contribution is -2.55. The van der Waals surface area contributed by atoms with Crippen LogP contribution in [0.25, 0.3) is 0 Å². The monoisotopic (exact) mass is 622 g/mol. The Morgan fingerprint density at radius 1 is 0.953 bits per heavy atom. The topological polar surface area (TPSA) is 80.9 Å². The van der Waals surface area contributed by atoms with Gasteiger partial charge in [0.1, 0.15) is 0 Å². The average Bonchev–Trinajstić information content (AvgIpc) is 3.21. The van der Waals surface area contributed by atoms with Crippen LogP contribution in [-0.2, 0) is 0 Å². The summed E-state index contributed by atoms with van der Waals surface area (Å²) in [7, 11) is 0. The molecule has 0 aromatic heterocycles. The largest absolute Gasteiger partial charge is 0.429 e. The molecule has 4 N–H and O–H groups in total. The highest BCUT2D eigenvalue weighted by molar-refractivity contribution is 5.38. The summed E-state index contributed by atoms with van der Waals surface area (Å²) in [6.45, 7) is 11.4. The molecule has 10 heteroatoms. The van der Waals surface area contributed by atoms with Gasteiger partial charge in [0.15, 0.2) is 0 Å².